The molecule has 3 N–H and O–H groups in total. The standard InChI is InChI=1S/C19H21F2N3O3S/c1-12-9-14(20)5-6-15(12)17-3-2-8-24(17)19(25)23-11-13-4-7-16(21)18(10-13)28(22,26)27/h4-7,9-10,17H,2-3,8,11H2,1H3,(H,23,25)(H2,22,26,27). The van der Waals surface area contributed by atoms with Gasteiger partial charge in [0.05, 0.1) is 6.04 Å². The van der Waals surface area contributed by atoms with Crippen molar-refractivity contribution in [1.29, 1.82) is 0 Å². The molecule has 1 atom stereocenters. The molecule has 0 radical (unpaired) electrons. The lowest BCUT2D eigenvalue weighted by molar-refractivity contribution is 0.192. The second kappa shape index (κ2) is 7.84. The summed E-state index contributed by atoms with van der Waals surface area (Å²) in [6.07, 6.45) is 1.59. The minimum absolute atomic E-state index is 0.0211. The quantitative estimate of drug-likeness (QED) is 0.813. The van der Waals surface area contributed by atoms with Crippen LogP contribution in [0.4, 0.5) is 13.6 Å². The van der Waals surface area contributed by atoms with Crippen LogP contribution in [0.15, 0.2) is 41.3 Å². The van der Waals surface area contributed by atoms with Crippen LogP contribution in [0.1, 0.15) is 35.6 Å². The van der Waals surface area contributed by atoms with Crippen LogP contribution in [0.2, 0.25) is 0 Å². The summed E-state index contributed by atoms with van der Waals surface area (Å²) in [7, 11) is -4.19. The van der Waals surface area contributed by atoms with Gasteiger partial charge in [0.15, 0.2) is 0 Å². The molecule has 2 aromatic rings. The summed E-state index contributed by atoms with van der Waals surface area (Å²) in [6.45, 7) is 2.38. The van der Waals surface area contributed by atoms with Crippen LogP contribution in [0.3, 0.4) is 0 Å². The third-order valence-electron chi connectivity index (χ3n) is 4.85. The Bertz CT molecular complexity index is 1010. The third-order valence-corrected chi connectivity index (χ3v) is 5.78. The zero-order chi connectivity index (χ0) is 20.5. The number of amides is 2. The molecule has 0 saturated carbocycles. The van der Waals surface area contributed by atoms with Crippen molar-refractivity contribution in [2.45, 2.75) is 37.2 Å². The molecule has 1 heterocycles. The van der Waals surface area contributed by atoms with Gasteiger partial charge in [-0.25, -0.2) is 27.1 Å². The summed E-state index contributed by atoms with van der Waals surface area (Å²) in [5.74, 6) is -1.26. The summed E-state index contributed by atoms with van der Waals surface area (Å²) in [5, 5.41) is 7.72. The minimum Gasteiger partial charge on any atom is -0.334 e. The lowest BCUT2D eigenvalue weighted by Crippen LogP contribution is -2.39. The van der Waals surface area contributed by atoms with Crippen molar-refractivity contribution in [2.24, 2.45) is 5.14 Å². The molecule has 1 saturated heterocycles. The van der Waals surface area contributed by atoms with Gasteiger partial charge in [-0.3, -0.25) is 0 Å². The highest BCUT2D eigenvalue weighted by Gasteiger charge is 2.30. The van der Waals surface area contributed by atoms with Crippen molar-refractivity contribution < 1.29 is 22.0 Å². The first-order valence-corrected chi connectivity index (χ1v) is 10.3. The predicted molar refractivity (Wildman–Crippen MR) is 99.8 cm³/mol. The van der Waals surface area contributed by atoms with Crippen LogP contribution in [-0.4, -0.2) is 25.9 Å². The van der Waals surface area contributed by atoms with Crippen LogP contribution < -0.4 is 10.5 Å². The van der Waals surface area contributed by atoms with E-state index in [-0.39, 0.29) is 24.4 Å². The molecular formula is C19H21F2N3O3S. The molecule has 2 amide bonds. The second-order valence-electron chi connectivity index (χ2n) is 6.82. The highest BCUT2D eigenvalue weighted by atomic mass is 32.2. The second-order valence-corrected chi connectivity index (χ2v) is 8.35. The Labute approximate surface area is 162 Å². The van der Waals surface area contributed by atoms with Gasteiger partial charge in [0.25, 0.3) is 0 Å². The zero-order valence-corrected chi connectivity index (χ0v) is 16.1. The van der Waals surface area contributed by atoms with E-state index in [4.69, 9.17) is 5.14 Å². The molecule has 1 fully saturated rings. The monoisotopic (exact) mass is 409 g/mol. The molecule has 9 heteroatoms. The van der Waals surface area contributed by atoms with E-state index in [1.54, 1.807) is 17.9 Å². The number of rotatable bonds is 4. The Morgan fingerprint density at radius 3 is 2.68 bits per heavy atom. The number of urea groups is 1. The largest absolute Gasteiger partial charge is 0.334 e. The van der Waals surface area contributed by atoms with Crippen molar-refractivity contribution in [1.82, 2.24) is 10.2 Å². The van der Waals surface area contributed by atoms with Crippen LogP contribution in [0, 0.1) is 18.6 Å². The van der Waals surface area contributed by atoms with E-state index in [9.17, 15) is 22.0 Å². The Kier molecular flexibility index (Phi) is 5.66. The van der Waals surface area contributed by atoms with Gasteiger partial charge in [-0.2, -0.15) is 0 Å². The number of carbonyl (C=O) groups excluding carboxylic acids is 1. The first-order chi connectivity index (χ1) is 13.2. The fourth-order valence-corrected chi connectivity index (χ4v) is 4.16. The van der Waals surface area contributed by atoms with Crippen LogP contribution in [-0.2, 0) is 16.6 Å². The smallest absolute Gasteiger partial charge is 0.318 e. The maximum Gasteiger partial charge on any atom is 0.318 e. The van der Waals surface area contributed by atoms with Gasteiger partial charge in [0, 0.05) is 13.1 Å². The number of benzene rings is 2. The van der Waals surface area contributed by atoms with Gasteiger partial charge in [0.2, 0.25) is 10.0 Å². The summed E-state index contributed by atoms with van der Waals surface area (Å²) >= 11 is 0. The molecule has 0 bridgehead atoms. The summed E-state index contributed by atoms with van der Waals surface area (Å²) in [5.41, 5.74) is 2.08. The molecule has 28 heavy (non-hydrogen) atoms. The Hall–Kier alpha value is -2.52. The molecule has 1 aliphatic heterocycles. The molecule has 150 valence electrons. The van der Waals surface area contributed by atoms with Gasteiger partial charge in [-0.05, 0) is 60.7 Å². The molecule has 1 aliphatic rings. The number of hydrogen-bond donors (Lipinski definition) is 2. The van der Waals surface area contributed by atoms with Gasteiger partial charge < -0.3 is 10.2 Å². The van der Waals surface area contributed by atoms with Crippen LogP contribution >= 0.6 is 0 Å². The predicted octanol–water partition coefficient (Wildman–Crippen LogP) is 2.97. The fraction of sp³-hybridized carbons (Fsp3) is 0.316. The first kappa shape index (κ1) is 20.2. The molecular weight excluding hydrogens is 388 g/mol. The van der Waals surface area contributed by atoms with Gasteiger partial charge >= 0.3 is 6.03 Å². The summed E-state index contributed by atoms with van der Waals surface area (Å²) in [6, 6.07) is 7.52. The average molecular weight is 409 g/mol. The zero-order valence-electron chi connectivity index (χ0n) is 15.3. The van der Waals surface area contributed by atoms with Crippen molar-refractivity contribution in [3.63, 3.8) is 0 Å². The normalized spacial score (nSPS) is 17.0. The molecule has 0 aromatic heterocycles. The van der Waals surface area contributed by atoms with Crippen molar-refractivity contribution in [3.05, 3.63) is 64.7 Å². The number of hydrogen-bond acceptors (Lipinski definition) is 3. The number of nitrogens with two attached hydrogens (primary N) is 1. The summed E-state index contributed by atoms with van der Waals surface area (Å²) in [4.78, 5) is 13.7. The first-order valence-electron chi connectivity index (χ1n) is 8.78. The number of halogens is 2. The summed E-state index contributed by atoms with van der Waals surface area (Å²) < 4.78 is 49.9. The van der Waals surface area contributed by atoms with Crippen molar-refractivity contribution >= 4 is 16.1 Å². The van der Waals surface area contributed by atoms with E-state index < -0.39 is 20.7 Å². The number of aryl methyl sites for hydroxylation is 1. The molecule has 0 aliphatic carbocycles. The van der Waals surface area contributed by atoms with E-state index >= 15 is 0 Å². The molecule has 2 aromatic carbocycles. The molecule has 3 rings (SSSR count). The highest BCUT2D eigenvalue weighted by Crippen LogP contribution is 2.33. The number of likely N-dealkylation sites (tertiary alicyclic amines) is 1. The van der Waals surface area contributed by atoms with Crippen molar-refractivity contribution in [3.8, 4) is 0 Å². The van der Waals surface area contributed by atoms with E-state index in [0.29, 0.717) is 12.1 Å². The van der Waals surface area contributed by atoms with E-state index in [1.165, 1.54) is 18.2 Å². The van der Waals surface area contributed by atoms with Crippen molar-refractivity contribution in [2.75, 3.05) is 6.54 Å². The highest BCUT2D eigenvalue weighted by molar-refractivity contribution is 7.89. The number of nitrogens with one attached hydrogen (secondary N) is 1. The topological polar surface area (TPSA) is 92.5 Å². The van der Waals surface area contributed by atoms with E-state index in [1.807, 2.05) is 0 Å². The Morgan fingerprint density at radius 1 is 1.25 bits per heavy atom. The maximum atomic E-state index is 13.6. The van der Waals surface area contributed by atoms with Gasteiger partial charge in [-0.15, -0.1) is 0 Å². The number of nitrogens with zero attached hydrogens (tertiary/aromatic N) is 1. The Morgan fingerprint density at radius 2 is 2.00 bits per heavy atom. The number of primary sulfonamides is 1. The third kappa shape index (κ3) is 4.31. The lowest BCUT2D eigenvalue weighted by atomic mass is 9.99. The SMILES string of the molecule is Cc1cc(F)ccc1C1CCCN1C(=O)NCc1ccc(F)c(S(N)(=O)=O)c1. The number of carbonyl (C=O) groups is 1. The van der Waals surface area contributed by atoms with Gasteiger partial charge in [0.1, 0.15) is 16.5 Å². The number of sulfonamides is 1. The van der Waals surface area contributed by atoms with E-state index in [0.717, 1.165) is 36.1 Å². The van der Waals surface area contributed by atoms with E-state index in [2.05, 4.69) is 5.32 Å². The molecule has 1 unspecified atom stereocenters. The Balaban J connectivity index is 1.72. The van der Waals surface area contributed by atoms with Crippen LogP contribution in [0.5, 0.6) is 0 Å². The molecule has 0 spiro atoms. The minimum atomic E-state index is -4.19. The molecule has 6 nitrogen and oxygen atoms in total. The fourth-order valence-electron chi connectivity index (χ4n) is 3.50. The lowest BCUT2D eigenvalue weighted by Gasteiger charge is -2.26. The van der Waals surface area contributed by atoms with Crippen LogP contribution in [0.25, 0.3) is 0 Å². The maximum absolute atomic E-state index is 13.6. The average Bonchev–Trinajstić information content (AvgIpc) is 3.09. The van der Waals surface area contributed by atoms with Gasteiger partial charge in [-0.1, -0.05) is 12.1 Å².